The summed E-state index contributed by atoms with van der Waals surface area (Å²) < 4.78 is 32.1. The van der Waals surface area contributed by atoms with Crippen molar-refractivity contribution in [2.45, 2.75) is 6.92 Å². The lowest BCUT2D eigenvalue weighted by atomic mass is 10.0. The molecule has 5 rings (SSSR count). The summed E-state index contributed by atoms with van der Waals surface area (Å²) >= 11 is 0. The summed E-state index contributed by atoms with van der Waals surface area (Å²) in [6.07, 6.45) is 0. The van der Waals surface area contributed by atoms with Crippen molar-refractivity contribution in [3.8, 4) is 34.0 Å². The predicted molar refractivity (Wildman–Crippen MR) is 108 cm³/mol. The second-order valence-corrected chi connectivity index (χ2v) is 6.78. The van der Waals surface area contributed by atoms with E-state index in [2.05, 4.69) is 10.1 Å². The van der Waals surface area contributed by atoms with Gasteiger partial charge in [0.25, 0.3) is 5.89 Å². The molecule has 30 heavy (non-hydrogen) atoms. The number of hydrogen-bond acceptors (Lipinski definition) is 5. The van der Waals surface area contributed by atoms with Crippen molar-refractivity contribution in [1.29, 1.82) is 0 Å². The molecule has 0 fully saturated rings. The maximum atomic E-state index is 13.5. The summed E-state index contributed by atoms with van der Waals surface area (Å²) in [5, 5.41) is 3.82. The average molecular weight is 400 g/mol. The first kappa shape index (κ1) is 18.1. The van der Waals surface area contributed by atoms with Crippen LogP contribution in [-0.2, 0) is 0 Å². The third-order valence-electron chi connectivity index (χ3n) is 4.67. The summed E-state index contributed by atoms with van der Waals surface area (Å²) in [5.74, 6) is 0.247. The number of benzene rings is 3. The molecule has 0 amide bonds. The van der Waals surface area contributed by atoms with Crippen LogP contribution in [0.25, 0.3) is 45.0 Å². The Morgan fingerprint density at radius 2 is 1.17 bits per heavy atom. The Morgan fingerprint density at radius 3 is 1.70 bits per heavy atom. The molecule has 7 heteroatoms. The highest BCUT2D eigenvalue weighted by Gasteiger charge is 2.15. The second-order valence-electron chi connectivity index (χ2n) is 6.78. The molecule has 146 valence electrons. The van der Waals surface area contributed by atoms with Gasteiger partial charge in [-0.15, -0.1) is 0 Å². The van der Waals surface area contributed by atoms with Crippen LogP contribution in [-0.4, -0.2) is 20.1 Å². The Bertz CT molecular complexity index is 1360. The van der Waals surface area contributed by atoms with Gasteiger partial charge in [0.1, 0.15) is 11.6 Å². The smallest absolute Gasteiger partial charge is 0.257 e. The molecule has 0 aliphatic rings. The van der Waals surface area contributed by atoms with Gasteiger partial charge in [-0.25, -0.2) is 18.7 Å². The van der Waals surface area contributed by atoms with Gasteiger partial charge in [0.2, 0.25) is 0 Å². The fraction of sp³-hybridized carbons (Fsp3) is 0.0435. The molecule has 5 aromatic rings. The number of aromatic nitrogens is 4. The third-order valence-corrected chi connectivity index (χ3v) is 4.67. The maximum Gasteiger partial charge on any atom is 0.257 e. The fourth-order valence-electron chi connectivity index (χ4n) is 3.22. The van der Waals surface area contributed by atoms with Crippen molar-refractivity contribution >= 4 is 11.0 Å². The van der Waals surface area contributed by atoms with Crippen molar-refractivity contribution < 1.29 is 13.3 Å². The summed E-state index contributed by atoms with van der Waals surface area (Å²) in [7, 11) is 0. The highest BCUT2D eigenvalue weighted by atomic mass is 19.1. The lowest BCUT2D eigenvalue weighted by Crippen LogP contribution is -1.96. The van der Waals surface area contributed by atoms with Gasteiger partial charge in [-0.05, 0) is 73.7 Å². The van der Waals surface area contributed by atoms with E-state index in [-0.39, 0.29) is 11.6 Å². The average Bonchev–Trinajstić information content (AvgIpc) is 3.20. The van der Waals surface area contributed by atoms with Gasteiger partial charge < -0.3 is 4.52 Å². The summed E-state index contributed by atoms with van der Waals surface area (Å²) in [5.41, 5.74) is 4.54. The van der Waals surface area contributed by atoms with Gasteiger partial charge in [-0.3, -0.25) is 0 Å². The predicted octanol–water partition coefficient (Wildman–Crippen LogP) is 5.60. The van der Waals surface area contributed by atoms with Crippen molar-refractivity contribution in [1.82, 2.24) is 20.1 Å². The van der Waals surface area contributed by atoms with Crippen LogP contribution >= 0.6 is 0 Å². The van der Waals surface area contributed by atoms with Gasteiger partial charge in [0.05, 0.1) is 22.4 Å². The molecule has 0 atom stereocenters. The highest BCUT2D eigenvalue weighted by molar-refractivity contribution is 5.88. The first-order valence-corrected chi connectivity index (χ1v) is 9.21. The van der Waals surface area contributed by atoms with Gasteiger partial charge in [-0.2, -0.15) is 4.98 Å². The Labute approximate surface area is 170 Å². The van der Waals surface area contributed by atoms with E-state index in [0.29, 0.717) is 45.3 Å². The SMILES string of the molecule is Cc1noc(-c2ccc3nc(-c4ccc(F)cc4)c(-c4ccc(F)cc4)nc3c2)n1. The Balaban J connectivity index is 1.73. The van der Waals surface area contributed by atoms with Crippen LogP contribution in [0.15, 0.2) is 71.3 Å². The van der Waals surface area contributed by atoms with Crippen LogP contribution in [0, 0.1) is 18.6 Å². The third kappa shape index (κ3) is 3.30. The van der Waals surface area contributed by atoms with Crippen LogP contribution in [0.5, 0.6) is 0 Å². The van der Waals surface area contributed by atoms with Crippen LogP contribution < -0.4 is 0 Å². The van der Waals surface area contributed by atoms with Gasteiger partial charge in [-0.1, -0.05) is 5.16 Å². The standard InChI is InChI=1S/C23H14F2N4O/c1-13-26-23(30-29-13)16-6-11-19-20(12-16)28-22(15-4-9-18(25)10-5-15)21(27-19)14-2-7-17(24)8-3-14/h2-12H,1H3. The number of rotatable bonds is 3. The summed E-state index contributed by atoms with van der Waals surface area (Å²) in [6, 6.07) is 17.5. The molecule has 5 nitrogen and oxygen atoms in total. The van der Waals surface area contributed by atoms with Crippen LogP contribution in [0.3, 0.4) is 0 Å². The highest BCUT2D eigenvalue weighted by Crippen LogP contribution is 2.32. The quantitative estimate of drug-likeness (QED) is 0.394. The monoisotopic (exact) mass is 400 g/mol. The van der Waals surface area contributed by atoms with E-state index in [0.717, 1.165) is 5.56 Å². The summed E-state index contributed by atoms with van der Waals surface area (Å²) in [4.78, 5) is 13.8. The van der Waals surface area contributed by atoms with Crippen molar-refractivity contribution in [3.05, 3.63) is 84.2 Å². The molecule has 2 heterocycles. The largest absolute Gasteiger partial charge is 0.334 e. The fourth-order valence-corrected chi connectivity index (χ4v) is 3.22. The number of nitrogens with zero attached hydrogens (tertiary/aromatic N) is 4. The zero-order valence-electron chi connectivity index (χ0n) is 15.8. The maximum absolute atomic E-state index is 13.5. The van der Waals surface area contributed by atoms with Gasteiger partial charge in [0.15, 0.2) is 5.82 Å². The zero-order valence-corrected chi connectivity index (χ0v) is 15.8. The first-order valence-electron chi connectivity index (χ1n) is 9.21. The molecular formula is C23H14F2N4O. The lowest BCUT2D eigenvalue weighted by molar-refractivity contribution is 0.425. The van der Waals surface area contributed by atoms with Crippen molar-refractivity contribution in [3.63, 3.8) is 0 Å². The molecule has 0 spiro atoms. The molecule has 0 saturated heterocycles. The molecule has 3 aromatic carbocycles. The minimum absolute atomic E-state index is 0.338. The topological polar surface area (TPSA) is 64.7 Å². The normalized spacial score (nSPS) is 11.2. The Hall–Kier alpha value is -4.00. The van der Waals surface area contributed by atoms with Gasteiger partial charge in [0, 0.05) is 16.7 Å². The number of hydrogen-bond donors (Lipinski definition) is 0. The molecule has 2 aromatic heterocycles. The van der Waals surface area contributed by atoms with E-state index in [1.807, 2.05) is 18.2 Å². The lowest BCUT2D eigenvalue weighted by Gasteiger charge is -2.11. The molecule has 0 saturated carbocycles. The van der Waals surface area contributed by atoms with E-state index in [1.165, 1.54) is 24.3 Å². The Morgan fingerprint density at radius 1 is 0.633 bits per heavy atom. The molecule has 0 aliphatic heterocycles. The van der Waals surface area contributed by atoms with E-state index < -0.39 is 0 Å². The number of halogens is 2. The molecule has 0 bridgehead atoms. The van der Waals surface area contributed by atoms with E-state index in [9.17, 15) is 8.78 Å². The summed E-state index contributed by atoms with van der Waals surface area (Å²) in [6.45, 7) is 1.75. The minimum Gasteiger partial charge on any atom is -0.334 e. The van der Waals surface area contributed by atoms with E-state index >= 15 is 0 Å². The number of fused-ring (bicyclic) bond motifs is 1. The minimum atomic E-state index is -0.343. The second kappa shape index (κ2) is 7.11. The Kier molecular flexibility index (Phi) is 4.28. The van der Waals surface area contributed by atoms with Crippen LogP contribution in [0.1, 0.15) is 5.82 Å². The van der Waals surface area contributed by atoms with Crippen molar-refractivity contribution in [2.24, 2.45) is 0 Å². The van der Waals surface area contributed by atoms with Crippen LogP contribution in [0.2, 0.25) is 0 Å². The molecule has 0 aliphatic carbocycles. The van der Waals surface area contributed by atoms with E-state index in [4.69, 9.17) is 14.5 Å². The van der Waals surface area contributed by atoms with Crippen LogP contribution in [0.4, 0.5) is 8.78 Å². The van der Waals surface area contributed by atoms with Gasteiger partial charge >= 0.3 is 0 Å². The number of aryl methyl sites for hydroxylation is 1. The first-order chi connectivity index (χ1) is 14.6. The molecular weight excluding hydrogens is 386 g/mol. The molecule has 0 unspecified atom stereocenters. The molecule has 0 N–H and O–H groups in total. The van der Waals surface area contributed by atoms with E-state index in [1.54, 1.807) is 31.2 Å². The molecule has 0 radical (unpaired) electrons. The zero-order chi connectivity index (χ0) is 20.7. The van der Waals surface area contributed by atoms with Crippen molar-refractivity contribution in [2.75, 3.05) is 0 Å².